The van der Waals surface area contributed by atoms with Crippen molar-refractivity contribution in [3.05, 3.63) is 47.5 Å². The van der Waals surface area contributed by atoms with Crippen LogP contribution in [-0.2, 0) is 11.2 Å². The van der Waals surface area contributed by atoms with E-state index < -0.39 is 43.2 Å². The highest BCUT2D eigenvalue weighted by molar-refractivity contribution is 6.02. The summed E-state index contributed by atoms with van der Waals surface area (Å²) in [5.41, 5.74) is 1.12. The van der Waals surface area contributed by atoms with Crippen LogP contribution in [0.2, 0.25) is 0 Å². The van der Waals surface area contributed by atoms with Crippen LogP contribution in [0.4, 0.5) is 0 Å². The van der Waals surface area contributed by atoms with Gasteiger partial charge in [-0.2, -0.15) is 0 Å². The Bertz CT molecular complexity index is 989. The third-order valence-corrected chi connectivity index (χ3v) is 5.88. The Labute approximate surface area is 189 Å². The predicted octanol–water partition coefficient (Wildman–Crippen LogP) is 0.0135. The number of phenols is 1. The maximum atomic E-state index is 13.1. The molecule has 4 rings (SSSR count). The molecule has 6 atom stereocenters. The van der Waals surface area contributed by atoms with Gasteiger partial charge in [0.2, 0.25) is 12.0 Å². The van der Waals surface area contributed by atoms with E-state index in [4.69, 9.17) is 18.9 Å². The molecule has 0 bridgehead atoms. The highest BCUT2D eigenvalue weighted by Gasteiger charge is 2.45. The van der Waals surface area contributed by atoms with Gasteiger partial charge in [0, 0.05) is 0 Å². The van der Waals surface area contributed by atoms with Gasteiger partial charge in [-0.3, -0.25) is 4.79 Å². The summed E-state index contributed by atoms with van der Waals surface area (Å²) in [5.74, 6) is -0.579. The van der Waals surface area contributed by atoms with Gasteiger partial charge in [-0.1, -0.05) is 12.1 Å². The molecule has 0 unspecified atom stereocenters. The van der Waals surface area contributed by atoms with E-state index in [1.54, 1.807) is 7.11 Å². The van der Waals surface area contributed by atoms with E-state index in [1.807, 2.05) is 24.3 Å². The minimum atomic E-state index is -1.68. The second-order valence-corrected chi connectivity index (χ2v) is 8.03. The van der Waals surface area contributed by atoms with E-state index in [9.17, 15) is 30.3 Å². The van der Waals surface area contributed by atoms with Gasteiger partial charge in [0.15, 0.2) is 17.3 Å². The van der Waals surface area contributed by atoms with Crippen LogP contribution in [0.1, 0.15) is 15.9 Å². The Morgan fingerprint density at radius 3 is 2.42 bits per heavy atom. The molecular weight excluding hydrogens is 436 g/mol. The van der Waals surface area contributed by atoms with Crippen LogP contribution in [0.5, 0.6) is 23.0 Å². The molecule has 0 aromatic heterocycles. The number of fused-ring (bicyclic) bond motifs is 1. The first kappa shape index (κ1) is 23.3. The lowest BCUT2D eigenvalue weighted by Crippen LogP contribution is -2.60. The molecule has 178 valence electrons. The number of aromatic hydroxyl groups is 1. The molecule has 2 aliphatic heterocycles. The van der Waals surface area contributed by atoms with Gasteiger partial charge >= 0.3 is 0 Å². The minimum absolute atomic E-state index is 0.0112. The summed E-state index contributed by atoms with van der Waals surface area (Å²) < 4.78 is 21.8. The van der Waals surface area contributed by atoms with Crippen molar-refractivity contribution in [1.82, 2.24) is 0 Å². The van der Waals surface area contributed by atoms with Crippen molar-refractivity contribution in [3.63, 3.8) is 0 Å². The smallest absolute Gasteiger partial charge is 0.229 e. The number of aliphatic hydroxyl groups is 4. The fourth-order valence-corrected chi connectivity index (χ4v) is 3.96. The van der Waals surface area contributed by atoms with Gasteiger partial charge in [0.1, 0.15) is 30.2 Å². The fourth-order valence-electron chi connectivity index (χ4n) is 3.96. The molecule has 0 spiro atoms. The van der Waals surface area contributed by atoms with Gasteiger partial charge in [-0.05, 0) is 36.2 Å². The zero-order valence-corrected chi connectivity index (χ0v) is 17.8. The van der Waals surface area contributed by atoms with Crippen LogP contribution in [0, 0.1) is 5.92 Å². The van der Waals surface area contributed by atoms with Crippen molar-refractivity contribution in [1.29, 1.82) is 0 Å². The Hall–Kier alpha value is -2.89. The lowest BCUT2D eigenvalue weighted by molar-refractivity contribution is -0.277. The molecule has 33 heavy (non-hydrogen) atoms. The largest absolute Gasteiger partial charge is 0.504 e. The lowest BCUT2D eigenvalue weighted by atomic mass is 9.89. The number of methoxy groups -OCH3 is 1. The number of benzene rings is 2. The van der Waals surface area contributed by atoms with Crippen LogP contribution < -0.4 is 14.2 Å². The number of hydrogen-bond acceptors (Lipinski definition) is 10. The normalized spacial score (nSPS) is 29.2. The Balaban J connectivity index is 1.55. The summed E-state index contributed by atoms with van der Waals surface area (Å²) in [5, 5.41) is 49.8. The summed E-state index contributed by atoms with van der Waals surface area (Å²) in [6.45, 7) is -0.599. The number of aliphatic hydroxyl groups excluding tert-OH is 4. The third-order valence-electron chi connectivity index (χ3n) is 5.88. The van der Waals surface area contributed by atoms with Crippen LogP contribution in [0.3, 0.4) is 0 Å². The van der Waals surface area contributed by atoms with Gasteiger partial charge < -0.3 is 44.5 Å². The highest BCUT2D eigenvalue weighted by Crippen LogP contribution is 2.44. The third kappa shape index (κ3) is 4.48. The molecular formula is C23H26O10. The number of ether oxygens (including phenoxy) is 4. The standard InChI is InChI=1S/C23H26O10/c1-30-13-4-2-11(3-5-13)8-12-10-31-21-14(17(12)26)6-7-15(25)22(21)33-23-20(29)19(28)18(27)16(9-24)32-23/h2-7,12,16,18-20,23-25,27-29H,8-10H2,1H3/t12-,16+,18+,19-,20+,23-/m0/s1. The number of hydrogen-bond donors (Lipinski definition) is 5. The first-order valence-corrected chi connectivity index (χ1v) is 10.5. The Kier molecular flexibility index (Phi) is 6.73. The molecule has 5 N–H and O–H groups in total. The molecule has 2 aromatic carbocycles. The Morgan fingerprint density at radius 2 is 1.76 bits per heavy atom. The number of phenolic OH excluding ortho intramolecular Hbond substituents is 1. The quantitative estimate of drug-likeness (QED) is 0.397. The van der Waals surface area contributed by atoms with Gasteiger partial charge in [0.25, 0.3) is 0 Å². The SMILES string of the molecule is COc1ccc(C[C@H]2COc3c(ccc(O)c3O[C@@H]3O[C@H](CO)[C@@H](O)[C@H](O)[C@H]3O)C2=O)cc1. The van der Waals surface area contributed by atoms with Crippen molar-refractivity contribution in [2.24, 2.45) is 5.92 Å². The summed E-state index contributed by atoms with van der Waals surface area (Å²) in [4.78, 5) is 13.1. The van der Waals surface area contributed by atoms with E-state index in [1.165, 1.54) is 12.1 Å². The number of carbonyl (C=O) groups excluding carboxylic acids is 1. The summed E-state index contributed by atoms with van der Waals surface area (Å²) in [6.07, 6.45) is -7.18. The molecule has 0 radical (unpaired) electrons. The molecule has 1 saturated heterocycles. The first-order chi connectivity index (χ1) is 15.8. The van der Waals surface area contributed by atoms with E-state index in [-0.39, 0.29) is 35.2 Å². The molecule has 10 heteroatoms. The van der Waals surface area contributed by atoms with Crippen molar-refractivity contribution >= 4 is 5.78 Å². The topological polar surface area (TPSA) is 155 Å². The number of ketones is 1. The van der Waals surface area contributed by atoms with Crippen LogP contribution >= 0.6 is 0 Å². The first-order valence-electron chi connectivity index (χ1n) is 10.5. The molecule has 1 fully saturated rings. The molecule has 2 aromatic rings. The predicted molar refractivity (Wildman–Crippen MR) is 113 cm³/mol. The van der Waals surface area contributed by atoms with Crippen LogP contribution in [0.15, 0.2) is 36.4 Å². The molecule has 2 aliphatic rings. The number of Topliss-reactive ketones (excluding diaryl/α,β-unsaturated/α-hetero) is 1. The molecule has 2 heterocycles. The highest BCUT2D eigenvalue weighted by atomic mass is 16.7. The monoisotopic (exact) mass is 462 g/mol. The van der Waals surface area contributed by atoms with Gasteiger partial charge in [-0.15, -0.1) is 0 Å². The van der Waals surface area contributed by atoms with Gasteiger partial charge in [0.05, 0.1) is 31.8 Å². The van der Waals surface area contributed by atoms with Crippen LogP contribution in [-0.4, -0.2) is 82.3 Å². The van der Waals surface area contributed by atoms with Gasteiger partial charge in [-0.25, -0.2) is 0 Å². The summed E-state index contributed by atoms with van der Waals surface area (Å²) in [6, 6.07) is 10.0. The lowest BCUT2D eigenvalue weighted by Gasteiger charge is -2.40. The van der Waals surface area contributed by atoms with E-state index in [2.05, 4.69) is 0 Å². The number of rotatable bonds is 6. The second kappa shape index (κ2) is 9.54. The number of carbonyl (C=O) groups is 1. The van der Waals surface area contributed by atoms with Crippen molar-refractivity contribution in [3.8, 4) is 23.0 Å². The zero-order valence-electron chi connectivity index (χ0n) is 17.8. The Morgan fingerprint density at radius 1 is 1.03 bits per heavy atom. The fraction of sp³-hybridized carbons (Fsp3) is 0.435. The minimum Gasteiger partial charge on any atom is -0.504 e. The molecule has 0 aliphatic carbocycles. The average Bonchev–Trinajstić information content (AvgIpc) is 2.83. The second-order valence-electron chi connectivity index (χ2n) is 8.03. The summed E-state index contributed by atoms with van der Waals surface area (Å²) >= 11 is 0. The van der Waals surface area contributed by atoms with E-state index in [0.717, 1.165) is 5.56 Å². The zero-order chi connectivity index (χ0) is 23.7. The van der Waals surface area contributed by atoms with Crippen molar-refractivity contribution in [2.75, 3.05) is 20.3 Å². The average molecular weight is 462 g/mol. The van der Waals surface area contributed by atoms with Crippen molar-refractivity contribution in [2.45, 2.75) is 37.1 Å². The molecule has 0 saturated carbocycles. The van der Waals surface area contributed by atoms with E-state index >= 15 is 0 Å². The maximum absolute atomic E-state index is 13.1. The van der Waals surface area contributed by atoms with Crippen molar-refractivity contribution < 1.29 is 49.3 Å². The maximum Gasteiger partial charge on any atom is 0.229 e. The molecule has 10 nitrogen and oxygen atoms in total. The summed E-state index contributed by atoms with van der Waals surface area (Å²) in [7, 11) is 1.57. The molecule has 0 amide bonds. The van der Waals surface area contributed by atoms with Crippen LogP contribution in [0.25, 0.3) is 0 Å². The van der Waals surface area contributed by atoms with E-state index in [0.29, 0.717) is 12.2 Å².